The van der Waals surface area contributed by atoms with Gasteiger partial charge in [-0.1, -0.05) is 38.3 Å². The molecule has 0 rings (SSSR count). The highest BCUT2D eigenvalue weighted by Crippen LogP contribution is 2.14. The van der Waals surface area contributed by atoms with Crippen molar-refractivity contribution in [3.63, 3.8) is 0 Å². The first-order valence-electron chi connectivity index (χ1n) is 5.52. The van der Waals surface area contributed by atoms with Crippen LogP contribution >= 0.6 is 0 Å². The molecule has 0 amide bonds. The van der Waals surface area contributed by atoms with E-state index in [1.165, 1.54) is 38.5 Å². The molecule has 0 N–H and O–H groups in total. The van der Waals surface area contributed by atoms with E-state index in [0.717, 1.165) is 17.1 Å². The van der Waals surface area contributed by atoms with Crippen LogP contribution in [0.5, 0.6) is 0 Å². The predicted octanol–water partition coefficient (Wildman–Crippen LogP) is 2.59. The zero-order valence-corrected chi connectivity index (χ0v) is 11.4. The van der Waals surface area contributed by atoms with Crippen molar-refractivity contribution < 1.29 is 4.43 Å². The van der Waals surface area contributed by atoms with Gasteiger partial charge >= 0.3 is 0 Å². The van der Waals surface area contributed by atoms with Crippen molar-refractivity contribution in [2.24, 2.45) is 0 Å². The monoisotopic (exact) mass is 200 g/mol. The fourth-order valence-electron chi connectivity index (χ4n) is 1.34. The van der Waals surface area contributed by atoms with Gasteiger partial charge in [0.05, 0.1) is 6.61 Å². The average Bonchev–Trinajstić information content (AvgIpc) is 2.17. The number of allylic oxidation sites excluding steroid dienone is 1. The van der Waals surface area contributed by atoms with Gasteiger partial charge in [0, 0.05) is 0 Å². The lowest BCUT2D eigenvalue weighted by molar-refractivity contribution is 0.399. The lowest BCUT2D eigenvalue weighted by atomic mass is 10.0. The minimum Gasteiger partial charge on any atom is -0.424 e. The van der Waals surface area contributed by atoms with Gasteiger partial charge in [0.15, 0.2) is 0 Å². The quantitative estimate of drug-likeness (QED) is 0.432. The largest absolute Gasteiger partial charge is 0.424 e. The van der Waals surface area contributed by atoms with Crippen LogP contribution in [0.1, 0.15) is 52.4 Å². The zero-order valence-electron chi connectivity index (χ0n) is 9.44. The van der Waals surface area contributed by atoms with Gasteiger partial charge < -0.3 is 4.43 Å². The fourth-order valence-corrected chi connectivity index (χ4v) is 1.50. The van der Waals surface area contributed by atoms with E-state index < -0.39 is 0 Å². The van der Waals surface area contributed by atoms with Crippen molar-refractivity contribution >= 4 is 10.5 Å². The molecule has 0 spiro atoms. The third kappa shape index (κ3) is 8.25. The Morgan fingerprint density at radius 3 is 2.08 bits per heavy atom. The molecular formula is C11H24OSi. The molecule has 0 aromatic heterocycles. The van der Waals surface area contributed by atoms with Crippen molar-refractivity contribution in [1.82, 2.24) is 0 Å². The smallest absolute Gasteiger partial charge is 0.146 e. The second kappa shape index (κ2) is 10.0. The third-order valence-electron chi connectivity index (χ3n) is 2.24. The van der Waals surface area contributed by atoms with Crippen LogP contribution < -0.4 is 0 Å². The van der Waals surface area contributed by atoms with Gasteiger partial charge in [-0.2, -0.15) is 0 Å². The molecule has 0 bridgehead atoms. The highest BCUT2D eigenvalue weighted by molar-refractivity contribution is 5.98. The molecule has 0 unspecified atom stereocenters. The number of hydrogen-bond acceptors (Lipinski definition) is 1. The first-order chi connectivity index (χ1) is 6.35. The van der Waals surface area contributed by atoms with Crippen LogP contribution in [0.2, 0.25) is 0 Å². The summed E-state index contributed by atoms with van der Waals surface area (Å²) in [4.78, 5) is 0. The van der Waals surface area contributed by atoms with Gasteiger partial charge in [-0.3, -0.25) is 0 Å². The van der Waals surface area contributed by atoms with Crippen LogP contribution in [-0.2, 0) is 4.43 Å². The molecule has 0 aromatic carbocycles. The van der Waals surface area contributed by atoms with E-state index in [0.29, 0.717) is 0 Å². The molecule has 0 aliphatic heterocycles. The first kappa shape index (κ1) is 12.9. The molecule has 0 aliphatic carbocycles. The average molecular weight is 200 g/mol. The third-order valence-corrected chi connectivity index (χ3v) is 2.57. The molecule has 0 aromatic rings. The molecule has 13 heavy (non-hydrogen) atoms. The summed E-state index contributed by atoms with van der Waals surface area (Å²) in [6.45, 7) is 5.34. The lowest BCUT2D eigenvalue weighted by Gasteiger charge is -2.05. The van der Waals surface area contributed by atoms with Gasteiger partial charge in [-0.15, -0.1) is 0 Å². The van der Waals surface area contributed by atoms with Crippen molar-refractivity contribution in [2.45, 2.75) is 52.4 Å². The fraction of sp³-hybridized carbons (Fsp3) is 0.818. The van der Waals surface area contributed by atoms with Gasteiger partial charge in [-0.05, 0) is 25.7 Å². The highest BCUT2D eigenvalue weighted by atomic mass is 28.2. The SMILES string of the molecule is CCCCC(=CCO[SiH3])CCCC. The molecule has 0 atom stereocenters. The Hall–Kier alpha value is -0.0831. The van der Waals surface area contributed by atoms with Crippen molar-refractivity contribution in [3.05, 3.63) is 11.6 Å². The number of unbranched alkanes of at least 4 members (excludes halogenated alkanes) is 2. The molecule has 0 heterocycles. The van der Waals surface area contributed by atoms with Crippen LogP contribution in [0, 0.1) is 0 Å². The molecule has 78 valence electrons. The Bertz CT molecular complexity index is 122. The molecular weight excluding hydrogens is 176 g/mol. The summed E-state index contributed by atoms with van der Waals surface area (Å²) < 4.78 is 5.19. The second-order valence-electron chi connectivity index (χ2n) is 3.52. The summed E-state index contributed by atoms with van der Waals surface area (Å²) >= 11 is 0. The van der Waals surface area contributed by atoms with Gasteiger partial charge in [0.25, 0.3) is 0 Å². The summed E-state index contributed by atoms with van der Waals surface area (Å²) in [5.41, 5.74) is 1.61. The van der Waals surface area contributed by atoms with E-state index in [2.05, 4.69) is 19.9 Å². The topological polar surface area (TPSA) is 9.23 Å². The minimum absolute atomic E-state index is 0.842. The lowest BCUT2D eigenvalue weighted by Crippen LogP contribution is -1.90. The van der Waals surface area contributed by atoms with Crippen molar-refractivity contribution in [3.8, 4) is 0 Å². The van der Waals surface area contributed by atoms with Crippen LogP contribution in [0.15, 0.2) is 11.6 Å². The summed E-state index contributed by atoms with van der Waals surface area (Å²) in [6, 6.07) is 0. The van der Waals surface area contributed by atoms with Crippen molar-refractivity contribution in [2.75, 3.05) is 6.61 Å². The maximum atomic E-state index is 5.19. The Morgan fingerprint density at radius 2 is 1.69 bits per heavy atom. The van der Waals surface area contributed by atoms with Crippen LogP contribution in [0.25, 0.3) is 0 Å². The molecule has 1 nitrogen and oxygen atoms in total. The molecule has 0 saturated carbocycles. The highest BCUT2D eigenvalue weighted by Gasteiger charge is 1.96. The van der Waals surface area contributed by atoms with Crippen LogP contribution in [0.4, 0.5) is 0 Å². The first-order valence-corrected chi connectivity index (χ1v) is 6.33. The van der Waals surface area contributed by atoms with Crippen LogP contribution in [-0.4, -0.2) is 17.1 Å². The van der Waals surface area contributed by atoms with Gasteiger partial charge in [-0.25, -0.2) is 0 Å². The van der Waals surface area contributed by atoms with E-state index in [1.807, 2.05) is 0 Å². The van der Waals surface area contributed by atoms with Crippen molar-refractivity contribution in [1.29, 1.82) is 0 Å². The second-order valence-corrected chi connectivity index (χ2v) is 4.10. The standard InChI is InChI=1S/C11H24OSi/c1-3-5-7-11(8-6-4-2)9-10-12-13/h9H,3-8,10H2,1-2,13H3. The number of rotatable bonds is 8. The zero-order chi connectivity index (χ0) is 9.94. The molecule has 0 aliphatic rings. The minimum atomic E-state index is 0.842. The van der Waals surface area contributed by atoms with E-state index in [-0.39, 0.29) is 0 Å². The van der Waals surface area contributed by atoms with Gasteiger partial charge in [0.1, 0.15) is 10.5 Å². The molecule has 2 heteroatoms. The normalized spacial score (nSPS) is 10.3. The Morgan fingerprint density at radius 1 is 1.15 bits per heavy atom. The summed E-state index contributed by atoms with van der Waals surface area (Å²) in [7, 11) is 0.860. The van der Waals surface area contributed by atoms with E-state index in [1.54, 1.807) is 5.57 Å². The predicted molar refractivity (Wildman–Crippen MR) is 63.0 cm³/mol. The molecule has 0 saturated heterocycles. The summed E-state index contributed by atoms with van der Waals surface area (Å²) in [5, 5.41) is 0. The Labute approximate surface area is 86.1 Å². The Kier molecular flexibility index (Phi) is 9.94. The van der Waals surface area contributed by atoms with E-state index in [4.69, 9.17) is 4.43 Å². The maximum absolute atomic E-state index is 5.19. The maximum Gasteiger partial charge on any atom is 0.146 e. The summed E-state index contributed by atoms with van der Waals surface area (Å²) in [5.74, 6) is 0. The van der Waals surface area contributed by atoms with Gasteiger partial charge in [0.2, 0.25) is 0 Å². The number of hydrogen-bond donors (Lipinski definition) is 0. The molecule has 0 fully saturated rings. The van der Waals surface area contributed by atoms with E-state index in [9.17, 15) is 0 Å². The summed E-state index contributed by atoms with van der Waals surface area (Å²) in [6.07, 6.45) is 10.1. The molecule has 0 radical (unpaired) electrons. The Balaban J connectivity index is 3.72. The van der Waals surface area contributed by atoms with Crippen LogP contribution in [0.3, 0.4) is 0 Å². The van der Waals surface area contributed by atoms with E-state index >= 15 is 0 Å².